The summed E-state index contributed by atoms with van der Waals surface area (Å²) < 4.78 is 162. The number of nitrogens with zero attached hydrogens (tertiary/aromatic N) is 7. The van der Waals surface area contributed by atoms with Crippen LogP contribution in [0.15, 0.2) is 61.1 Å². The molecule has 0 aliphatic carbocycles. The molecule has 8 rings (SSSR count). The largest absolute Gasteiger partial charge is 0.465 e. The Morgan fingerprint density at radius 2 is 1.35 bits per heavy atom. The van der Waals surface area contributed by atoms with Gasteiger partial charge in [0.05, 0.1) is 66.7 Å². The Bertz CT molecular complexity index is 3000. The second-order valence-electron chi connectivity index (χ2n) is 21.7. The summed E-state index contributed by atoms with van der Waals surface area (Å²) >= 11 is 0. The second-order valence-corrected chi connectivity index (χ2v) is 21.7. The molecule has 4 saturated heterocycles. The molecular weight excluding hydrogens is 1120 g/mol. The maximum atomic E-state index is 16.1. The topological polar surface area (TPSA) is 238 Å². The molecule has 4 aliphatic heterocycles. The number of piperazine rings is 1. The lowest BCUT2D eigenvalue weighted by Gasteiger charge is -2.47. The van der Waals surface area contributed by atoms with Crippen LogP contribution in [0.5, 0.6) is 0 Å². The molecule has 450 valence electrons. The minimum atomic E-state index is -5.29. The molecule has 4 amide bonds. The van der Waals surface area contributed by atoms with Crippen LogP contribution >= 0.6 is 0 Å². The van der Waals surface area contributed by atoms with Gasteiger partial charge < -0.3 is 45.3 Å². The number of carbonyl (C=O) groups excluding carboxylic acids is 3. The van der Waals surface area contributed by atoms with Gasteiger partial charge in [0.15, 0.2) is 6.10 Å². The number of hydrogen-bond acceptors (Lipinski definition) is 14. The average molecular weight is 1180 g/mol. The molecule has 2 aromatic heterocycles. The number of anilines is 1. The fraction of sp³-hybridized carbons (Fsp3) is 0.528. The Labute approximate surface area is 468 Å². The zero-order valence-electron chi connectivity index (χ0n) is 44.9. The number of aromatic nitrogens is 4. The van der Waals surface area contributed by atoms with Gasteiger partial charge in [0.25, 0.3) is 5.91 Å². The lowest BCUT2D eigenvalue weighted by molar-refractivity contribution is -0.221. The van der Waals surface area contributed by atoms with E-state index in [1.807, 2.05) is 10.7 Å². The predicted octanol–water partition coefficient (Wildman–Crippen LogP) is 5.69. The SMILES string of the molecule is CC(C)([C@H](NC(=O)O)C(=O)NN(Cc1c(F)cc(-c2ccn(C(F)F)n2)cc1F)C[C@H](O)[C@H](Cc1ccc(C#Cc2cnc(N3CC4CCC(C3)N4C3COC3)nc2)cc1)NC(=O)[C@@H](NC(=O)OC1COC1)C(C)(C)C(F)(F)F)C(F)(F)F. The number of aliphatic hydroxyl groups is 1. The highest BCUT2D eigenvalue weighted by Gasteiger charge is 2.57. The molecule has 0 radical (unpaired) electrons. The van der Waals surface area contributed by atoms with Crippen LogP contribution in [-0.4, -0.2) is 171 Å². The van der Waals surface area contributed by atoms with Gasteiger partial charge in [-0.05, 0) is 82.9 Å². The van der Waals surface area contributed by atoms with Gasteiger partial charge in [-0.2, -0.15) is 40.2 Å². The maximum Gasteiger partial charge on any atom is 0.408 e. The number of carbonyl (C=O) groups is 4. The Balaban J connectivity index is 1.08. The minimum Gasteiger partial charge on any atom is -0.465 e. The molecule has 20 nitrogen and oxygen atoms in total. The number of hydrazine groups is 1. The summed E-state index contributed by atoms with van der Waals surface area (Å²) in [4.78, 5) is 66.8. The van der Waals surface area contributed by atoms with Crippen molar-refractivity contribution in [2.24, 2.45) is 10.8 Å². The van der Waals surface area contributed by atoms with Gasteiger partial charge in [0.2, 0.25) is 11.9 Å². The highest BCUT2D eigenvalue weighted by atomic mass is 19.4. The van der Waals surface area contributed by atoms with E-state index < -0.39 is 121 Å². The van der Waals surface area contributed by atoms with Crippen molar-refractivity contribution in [1.29, 1.82) is 0 Å². The fourth-order valence-corrected chi connectivity index (χ4v) is 9.91. The summed E-state index contributed by atoms with van der Waals surface area (Å²) in [6.45, 7) is -0.580. The third-order valence-electron chi connectivity index (χ3n) is 15.2. The van der Waals surface area contributed by atoms with Gasteiger partial charge in [-0.1, -0.05) is 24.0 Å². The molecule has 2 unspecified atom stereocenters. The average Bonchev–Trinajstić information content (AvgIpc) is 2.88. The molecule has 2 aromatic carbocycles. The van der Waals surface area contributed by atoms with E-state index in [1.54, 1.807) is 12.4 Å². The van der Waals surface area contributed by atoms with Crippen LogP contribution in [0.2, 0.25) is 0 Å². The van der Waals surface area contributed by atoms with Gasteiger partial charge >= 0.3 is 31.1 Å². The Kier molecular flexibility index (Phi) is 18.5. The van der Waals surface area contributed by atoms with Gasteiger partial charge in [0.1, 0.15) is 23.7 Å². The van der Waals surface area contributed by atoms with Crippen molar-refractivity contribution in [2.45, 2.75) is 121 Å². The first kappa shape index (κ1) is 61.7. The number of halogens is 10. The molecule has 0 saturated carbocycles. The maximum absolute atomic E-state index is 16.1. The fourth-order valence-electron chi connectivity index (χ4n) is 9.91. The van der Waals surface area contributed by atoms with Crippen LogP contribution in [0.1, 0.15) is 69.3 Å². The number of alkyl carbamates (subject to hydrolysis) is 1. The normalized spacial score (nSPS) is 19.4. The molecule has 2 bridgehead atoms. The first-order valence-electron chi connectivity index (χ1n) is 26.1. The van der Waals surface area contributed by atoms with Crippen LogP contribution < -0.4 is 26.3 Å². The van der Waals surface area contributed by atoms with E-state index in [4.69, 9.17) is 14.2 Å². The first-order valence-corrected chi connectivity index (χ1v) is 26.1. The standard InChI is InChI=1S/C53H59F10N11O9/c1-50(2,52(58,59)60)42(68-49(80)83-35-26-82-27-35)44(76)66-40(15-29-8-5-28(6-9-29)7-10-30-18-64-47(65-19-30)71-20-32-11-12-33(21-71)74(32)34-24-81-25-34)41(75)23-72(70-45(77)43(67-48(78)79)51(3,4)53(61,62)63)22-36-37(54)16-31(17-38(36)55)39-13-14-73(69-39)46(56)57/h5-6,8-9,13-14,16-19,32-35,40-43,46,67,75H,11-12,15,20-27H2,1-4H3,(H,66,76)(H,68,80)(H,70,77)(H,78,79)/t32?,33?,40-,41-,42+,43+/m0/s1. The first-order chi connectivity index (χ1) is 39.0. The number of alkyl halides is 8. The number of aliphatic hydroxyl groups excluding tert-OH is 1. The number of nitrogens with one attached hydrogen (secondary N) is 4. The summed E-state index contributed by atoms with van der Waals surface area (Å²) in [5.74, 6) is 0.243. The van der Waals surface area contributed by atoms with Crippen molar-refractivity contribution in [1.82, 2.24) is 51.0 Å². The van der Waals surface area contributed by atoms with Crippen LogP contribution in [-0.2, 0) is 36.8 Å². The molecule has 6 heterocycles. The lowest BCUT2D eigenvalue weighted by atomic mass is 9.82. The Morgan fingerprint density at radius 3 is 1.86 bits per heavy atom. The lowest BCUT2D eigenvalue weighted by Crippen LogP contribution is -2.64. The second kappa shape index (κ2) is 24.9. The van der Waals surface area contributed by atoms with Crippen molar-refractivity contribution in [3.63, 3.8) is 0 Å². The van der Waals surface area contributed by atoms with E-state index in [0.717, 1.165) is 51.4 Å². The van der Waals surface area contributed by atoms with E-state index in [1.165, 1.54) is 29.6 Å². The van der Waals surface area contributed by atoms with Crippen molar-refractivity contribution in [2.75, 3.05) is 51.0 Å². The third kappa shape index (κ3) is 14.4. The number of carboxylic acid groups (broad SMARTS) is 1. The van der Waals surface area contributed by atoms with E-state index in [9.17, 15) is 64.5 Å². The zero-order valence-corrected chi connectivity index (χ0v) is 44.9. The molecule has 4 aromatic rings. The summed E-state index contributed by atoms with van der Waals surface area (Å²) in [6.07, 6.45) is -11.5. The number of ether oxygens (including phenoxy) is 3. The van der Waals surface area contributed by atoms with Crippen LogP contribution in [0.3, 0.4) is 0 Å². The smallest absolute Gasteiger partial charge is 0.408 e. The Hall–Kier alpha value is -7.33. The molecule has 4 fully saturated rings. The van der Waals surface area contributed by atoms with Crippen molar-refractivity contribution < 1.29 is 87.5 Å². The third-order valence-corrected chi connectivity index (χ3v) is 15.2. The summed E-state index contributed by atoms with van der Waals surface area (Å²) in [5.41, 5.74) is -4.88. The highest BCUT2D eigenvalue weighted by molar-refractivity contribution is 5.87. The molecule has 6 N–H and O–H groups in total. The van der Waals surface area contributed by atoms with Gasteiger partial charge in [0, 0.05) is 73.5 Å². The van der Waals surface area contributed by atoms with Gasteiger partial charge in [-0.3, -0.25) is 19.9 Å². The van der Waals surface area contributed by atoms with Crippen LogP contribution in [0.25, 0.3) is 11.3 Å². The summed E-state index contributed by atoms with van der Waals surface area (Å²) in [6, 6.07) is 2.38. The van der Waals surface area contributed by atoms with Crippen molar-refractivity contribution in [3.05, 3.63) is 94.9 Å². The predicted molar refractivity (Wildman–Crippen MR) is 272 cm³/mol. The van der Waals surface area contributed by atoms with Crippen LogP contribution in [0, 0.1) is 34.3 Å². The molecule has 83 heavy (non-hydrogen) atoms. The highest BCUT2D eigenvalue weighted by Crippen LogP contribution is 2.42. The summed E-state index contributed by atoms with van der Waals surface area (Å²) in [5, 5.41) is 31.3. The van der Waals surface area contributed by atoms with Crippen molar-refractivity contribution in [3.8, 4) is 23.1 Å². The van der Waals surface area contributed by atoms with Gasteiger partial charge in [-0.25, -0.2) is 38.0 Å². The molecule has 6 atom stereocenters. The molecule has 0 spiro atoms. The van der Waals surface area contributed by atoms with E-state index in [2.05, 4.69) is 42.0 Å². The number of fused-ring (bicyclic) bond motifs is 2. The zero-order chi connectivity index (χ0) is 60.3. The number of benzene rings is 2. The van der Waals surface area contributed by atoms with E-state index in [-0.39, 0.29) is 34.7 Å². The molecule has 4 aliphatic rings. The summed E-state index contributed by atoms with van der Waals surface area (Å²) in [7, 11) is 0. The van der Waals surface area contributed by atoms with E-state index >= 15 is 8.78 Å². The van der Waals surface area contributed by atoms with Gasteiger partial charge in [-0.15, -0.1) is 0 Å². The number of amides is 4. The Morgan fingerprint density at radius 1 is 0.783 bits per heavy atom. The quantitative estimate of drug-likeness (QED) is 0.0354. The molecule has 30 heteroatoms. The number of hydrogen-bond donors (Lipinski definition) is 6. The minimum absolute atomic E-state index is 0.0955. The molecular formula is C53H59F10N11O9. The van der Waals surface area contributed by atoms with Crippen molar-refractivity contribution >= 4 is 29.9 Å². The monoisotopic (exact) mass is 1180 g/mol. The number of rotatable bonds is 20. The van der Waals surface area contributed by atoms with E-state index in [0.29, 0.717) is 80.0 Å². The van der Waals surface area contributed by atoms with Crippen LogP contribution in [0.4, 0.5) is 59.4 Å².